The van der Waals surface area contributed by atoms with Crippen LogP contribution in [0.25, 0.3) is 0 Å². The minimum atomic E-state index is -0.0877. The average Bonchev–Trinajstić information content (AvgIpc) is 2.62. The van der Waals surface area contributed by atoms with Gasteiger partial charge in [0, 0.05) is 11.3 Å². The van der Waals surface area contributed by atoms with Crippen LogP contribution in [0.1, 0.15) is 24.1 Å². The van der Waals surface area contributed by atoms with Crippen LogP contribution in [0, 0.1) is 0 Å². The standard InChI is InChI=1S/C19H23NO3S/c1-14(17-6-4-5-7-18(17)23-3)20-19(21)13-24-12-15-8-10-16(22-2)11-9-15/h4-11,14H,12-13H2,1-3H3,(H,20,21). The lowest BCUT2D eigenvalue weighted by atomic mass is 10.1. The fourth-order valence-electron chi connectivity index (χ4n) is 2.37. The predicted molar refractivity (Wildman–Crippen MR) is 98.7 cm³/mol. The van der Waals surface area contributed by atoms with E-state index < -0.39 is 0 Å². The summed E-state index contributed by atoms with van der Waals surface area (Å²) in [5.41, 5.74) is 2.15. The highest BCUT2D eigenvalue weighted by Gasteiger charge is 2.13. The van der Waals surface area contributed by atoms with Crippen LogP contribution < -0.4 is 14.8 Å². The normalized spacial score (nSPS) is 11.6. The number of methoxy groups -OCH3 is 2. The van der Waals surface area contributed by atoms with Crippen LogP contribution in [-0.4, -0.2) is 25.9 Å². The molecule has 0 aromatic heterocycles. The number of benzene rings is 2. The number of amides is 1. The maximum atomic E-state index is 12.1. The highest BCUT2D eigenvalue weighted by molar-refractivity contribution is 7.99. The van der Waals surface area contributed by atoms with Crippen LogP contribution in [-0.2, 0) is 10.5 Å². The lowest BCUT2D eigenvalue weighted by Crippen LogP contribution is -2.28. The molecule has 4 nitrogen and oxygen atoms in total. The number of nitrogens with one attached hydrogen (secondary N) is 1. The molecule has 0 aliphatic rings. The smallest absolute Gasteiger partial charge is 0.230 e. The van der Waals surface area contributed by atoms with Gasteiger partial charge in [0.15, 0.2) is 0 Å². The molecule has 2 aromatic rings. The van der Waals surface area contributed by atoms with E-state index in [1.54, 1.807) is 26.0 Å². The maximum Gasteiger partial charge on any atom is 0.230 e. The molecular weight excluding hydrogens is 322 g/mol. The fraction of sp³-hybridized carbons (Fsp3) is 0.316. The van der Waals surface area contributed by atoms with E-state index in [-0.39, 0.29) is 11.9 Å². The highest BCUT2D eigenvalue weighted by Crippen LogP contribution is 2.24. The predicted octanol–water partition coefficient (Wildman–Crippen LogP) is 3.81. The second-order valence-electron chi connectivity index (χ2n) is 5.37. The Balaban J connectivity index is 1.80. The van der Waals surface area contributed by atoms with Crippen molar-refractivity contribution in [3.05, 3.63) is 59.7 Å². The molecule has 128 valence electrons. The van der Waals surface area contributed by atoms with Gasteiger partial charge in [-0.2, -0.15) is 0 Å². The number of rotatable bonds is 8. The van der Waals surface area contributed by atoms with Crippen molar-refractivity contribution < 1.29 is 14.3 Å². The number of carbonyl (C=O) groups is 1. The van der Waals surface area contributed by atoms with Crippen molar-refractivity contribution >= 4 is 17.7 Å². The van der Waals surface area contributed by atoms with Gasteiger partial charge in [-0.1, -0.05) is 30.3 Å². The number of ether oxygens (including phenoxy) is 2. The highest BCUT2D eigenvalue weighted by atomic mass is 32.2. The largest absolute Gasteiger partial charge is 0.497 e. The van der Waals surface area contributed by atoms with E-state index in [1.807, 2.05) is 55.5 Å². The average molecular weight is 345 g/mol. The zero-order chi connectivity index (χ0) is 17.4. The number of thioether (sulfide) groups is 1. The van der Waals surface area contributed by atoms with E-state index in [9.17, 15) is 4.79 Å². The first-order chi connectivity index (χ1) is 11.6. The van der Waals surface area contributed by atoms with Crippen molar-refractivity contribution in [1.29, 1.82) is 0 Å². The minimum Gasteiger partial charge on any atom is -0.497 e. The van der Waals surface area contributed by atoms with E-state index in [2.05, 4.69) is 5.32 Å². The van der Waals surface area contributed by atoms with E-state index >= 15 is 0 Å². The van der Waals surface area contributed by atoms with Crippen LogP contribution in [0.4, 0.5) is 0 Å². The number of para-hydroxylation sites is 1. The summed E-state index contributed by atoms with van der Waals surface area (Å²) in [5, 5.41) is 3.02. The number of hydrogen-bond acceptors (Lipinski definition) is 4. The van der Waals surface area contributed by atoms with E-state index in [0.29, 0.717) is 5.75 Å². The Morgan fingerprint density at radius 3 is 2.46 bits per heavy atom. The van der Waals surface area contributed by atoms with Crippen LogP contribution in [0.2, 0.25) is 0 Å². The Morgan fingerprint density at radius 2 is 1.79 bits per heavy atom. The Kier molecular flexibility index (Phi) is 7.00. The third-order valence-corrected chi connectivity index (χ3v) is 4.65. The summed E-state index contributed by atoms with van der Waals surface area (Å²) in [6.45, 7) is 1.96. The first kappa shape index (κ1) is 18.2. The summed E-state index contributed by atoms with van der Waals surface area (Å²) >= 11 is 1.59. The van der Waals surface area contributed by atoms with Gasteiger partial charge in [0.05, 0.1) is 26.0 Å². The van der Waals surface area contributed by atoms with E-state index in [0.717, 1.165) is 22.8 Å². The summed E-state index contributed by atoms with van der Waals surface area (Å²) in [7, 11) is 3.29. The fourth-order valence-corrected chi connectivity index (χ4v) is 3.17. The molecule has 1 N–H and O–H groups in total. The Morgan fingerprint density at radius 1 is 1.08 bits per heavy atom. The van der Waals surface area contributed by atoms with Crippen LogP contribution in [0.5, 0.6) is 11.5 Å². The van der Waals surface area contributed by atoms with Crippen molar-refractivity contribution in [1.82, 2.24) is 5.32 Å². The summed E-state index contributed by atoms with van der Waals surface area (Å²) in [5.74, 6) is 2.86. The zero-order valence-electron chi connectivity index (χ0n) is 14.2. The molecule has 1 atom stereocenters. The summed E-state index contributed by atoms with van der Waals surface area (Å²) < 4.78 is 10.5. The van der Waals surface area contributed by atoms with Gasteiger partial charge >= 0.3 is 0 Å². The molecule has 5 heteroatoms. The van der Waals surface area contributed by atoms with Gasteiger partial charge < -0.3 is 14.8 Å². The van der Waals surface area contributed by atoms with Crippen LogP contribution in [0.15, 0.2) is 48.5 Å². The van der Waals surface area contributed by atoms with Gasteiger partial charge in [0.25, 0.3) is 0 Å². The molecule has 0 radical (unpaired) electrons. The van der Waals surface area contributed by atoms with Gasteiger partial charge in [0.1, 0.15) is 11.5 Å². The molecule has 0 bridgehead atoms. The maximum absolute atomic E-state index is 12.1. The molecule has 1 unspecified atom stereocenters. The van der Waals surface area contributed by atoms with Gasteiger partial charge in [-0.15, -0.1) is 11.8 Å². The molecule has 1 amide bonds. The topological polar surface area (TPSA) is 47.6 Å². The molecule has 0 aliphatic carbocycles. The van der Waals surface area contributed by atoms with Gasteiger partial charge in [0.2, 0.25) is 5.91 Å². The first-order valence-corrected chi connectivity index (χ1v) is 8.92. The minimum absolute atomic E-state index is 0.0203. The Labute approximate surface area is 147 Å². The van der Waals surface area contributed by atoms with Crippen molar-refractivity contribution in [2.24, 2.45) is 0 Å². The monoisotopic (exact) mass is 345 g/mol. The SMILES string of the molecule is COc1ccc(CSCC(=O)NC(C)c2ccccc2OC)cc1. The third kappa shape index (κ3) is 5.20. The van der Waals surface area contributed by atoms with Crippen molar-refractivity contribution in [2.45, 2.75) is 18.7 Å². The van der Waals surface area contributed by atoms with Crippen molar-refractivity contribution in [3.63, 3.8) is 0 Å². The van der Waals surface area contributed by atoms with Gasteiger partial charge in [-0.05, 0) is 30.7 Å². The molecule has 0 saturated heterocycles. The molecule has 2 rings (SSSR count). The lowest BCUT2D eigenvalue weighted by Gasteiger charge is -2.17. The molecule has 0 saturated carbocycles. The second-order valence-corrected chi connectivity index (χ2v) is 6.36. The molecular formula is C19H23NO3S. The van der Waals surface area contributed by atoms with E-state index in [1.165, 1.54) is 5.56 Å². The van der Waals surface area contributed by atoms with Crippen LogP contribution in [0.3, 0.4) is 0 Å². The molecule has 2 aromatic carbocycles. The Hall–Kier alpha value is -2.14. The summed E-state index contributed by atoms with van der Waals surface area (Å²) in [4.78, 5) is 12.1. The second kappa shape index (κ2) is 9.23. The first-order valence-electron chi connectivity index (χ1n) is 7.77. The van der Waals surface area contributed by atoms with Crippen molar-refractivity contribution in [2.75, 3.05) is 20.0 Å². The number of hydrogen-bond donors (Lipinski definition) is 1. The van der Waals surface area contributed by atoms with E-state index in [4.69, 9.17) is 9.47 Å². The molecule has 0 heterocycles. The van der Waals surface area contributed by atoms with Crippen LogP contribution >= 0.6 is 11.8 Å². The molecule has 24 heavy (non-hydrogen) atoms. The third-order valence-electron chi connectivity index (χ3n) is 3.64. The lowest BCUT2D eigenvalue weighted by molar-refractivity contribution is -0.119. The molecule has 0 fully saturated rings. The summed E-state index contributed by atoms with van der Waals surface area (Å²) in [6, 6.07) is 15.5. The molecule has 0 spiro atoms. The quantitative estimate of drug-likeness (QED) is 0.790. The van der Waals surface area contributed by atoms with Gasteiger partial charge in [-0.25, -0.2) is 0 Å². The zero-order valence-corrected chi connectivity index (χ0v) is 15.1. The Bertz CT molecular complexity index is 658. The molecule has 0 aliphatic heterocycles. The van der Waals surface area contributed by atoms with Crippen molar-refractivity contribution in [3.8, 4) is 11.5 Å². The van der Waals surface area contributed by atoms with Gasteiger partial charge in [-0.3, -0.25) is 4.79 Å². The summed E-state index contributed by atoms with van der Waals surface area (Å²) in [6.07, 6.45) is 0. The number of carbonyl (C=O) groups excluding carboxylic acids is 1.